The van der Waals surface area contributed by atoms with Crippen molar-refractivity contribution in [1.82, 2.24) is 5.32 Å². The van der Waals surface area contributed by atoms with Crippen LogP contribution in [0.5, 0.6) is 0 Å². The molecule has 0 fully saturated rings. The topological polar surface area (TPSA) is 70.2 Å². The molecule has 0 aromatic heterocycles. The number of halogens is 2. The number of carbonyl (C=O) groups excluding carboxylic acids is 2. The first-order valence-electron chi connectivity index (χ1n) is 8.28. The molecular weight excluding hydrogens is 373 g/mol. The molecule has 1 atom stereocenters. The first-order chi connectivity index (χ1) is 12.4. The van der Waals surface area contributed by atoms with Crippen LogP contribution in [0.2, 0.25) is 10.0 Å². The van der Waals surface area contributed by atoms with E-state index in [0.717, 1.165) is 6.42 Å². The average molecular weight is 394 g/mol. The van der Waals surface area contributed by atoms with Crippen molar-refractivity contribution in [3.8, 4) is 0 Å². The summed E-state index contributed by atoms with van der Waals surface area (Å²) in [6.07, 6.45) is 0.857. The fourth-order valence-electron chi connectivity index (χ4n) is 2.15. The number of anilines is 2. The Hall–Kier alpha value is -2.24. The van der Waals surface area contributed by atoms with Gasteiger partial charge >= 0.3 is 0 Å². The summed E-state index contributed by atoms with van der Waals surface area (Å²) in [5.74, 6) is -0.415. The van der Waals surface area contributed by atoms with E-state index in [1.165, 1.54) is 0 Å². The molecule has 0 spiro atoms. The minimum atomic E-state index is -0.274. The van der Waals surface area contributed by atoms with Crippen molar-refractivity contribution >= 4 is 46.4 Å². The fourth-order valence-corrected chi connectivity index (χ4v) is 2.49. The van der Waals surface area contributed by atoms with Crippen molar-refractivity contribution in [2.45, 2.75) is 26.3 Å². The van der Waals surface area contributed by atoms with Crippen LogP contribution in [0, 0.1) is 0 Å². The van der Waals surface area contributed by atoms with E-state index in [4.69, 9.17) is 23.2 Å². The van der Waals surface area contributed by atoms with Crippen LogP contribution >= 0.6 is 23.2 Å². The molecule has 2 aromatic carbocycles. The lowest BCUT2D eigenvalue weighted by atomic mass is 10.1. The highest BCUT2D eigenvalue weighted by Crippen LogP contribution is 2.25. The van der Waals surface area contributed by atoms with E-state index in [2.05, 4.69) is 16.0 Å². The van der Waals surface area contributed by atoms with Crippen LogP contribution in [-0.4, -0.2) is 24.4 Å². The van der Waals surface area contributed by atoms with E-state index < -0.39 is 0 Å². The van der Waals surface area contributed by atoms with E-state index in [1.807, 2.05) is 13.8 Å². The van der Waals surface area contributed by atoms with Crippen molar-refractivity contribution in [3.63, 3.8) is 0 Å². The van der Waals surface area contributed by atoms with Crippen molar-refractivity contribution in [2.24, 2.45) is 0 Å². The van der Waals surface area contributed by atoms with Crippen LogP contribution in [0.3, 0.4) is 0 Å². The molecule has 3 N–H and O–H groups in total. The van der Waals surface area contributed by atoms with Gasteiger partial charge in [0.15, 0.2) is 0 Å². The SMILES string of the molecule is CCC(C)NC(=O)c1cccc(NCC(=O)Nc2cc(Cl)ccc2Cl)c1. The highest BCUT2D eigenvalue weighted by atomic mass is 35.5. The van der Waals surface area contributed by atoms with Crippen LogP contribution in [0.1, 0.15) is 30.6 Å². The summed E-state index contributed by atoms with van der Waals surface area (Å²) in [6.45, 7) is 3.98. The van der Waals surface area contributed by atoms with Gasteiger partial charge < -0.3 is 16.0 Å². The van der Waals surface area contributed by atoms with Crippen LogP contribution in [0.4, 0.5) is 11.4 Å². The zero-order valence-corrected chi connectivity index (χ0v) is 16.1. The monoisotopic (exact) mass is 393 g/mol. The molecule has 5 nitrogen and oxygen atoms in total. The van der Waals surface area contributed by atoms with Gasteiger partial charge in [0.25, 0.3) is 5.91 Å². The standard InChI is InChI=1S/C19H21Cl2N3O2/c1-3-12(2)23-19(26)13-5-4-6-15(9-13)22-11-18(25)24-17-10-14(20)7-8-16(17)21/h4-10,12,22H,3,11H2,1-2H3,(H,23,26)(H,24,25). The molecule has 2 rings (SSSR count). The molecule has 0 bridgehead atoms. The molecule has 0 saturated carbocycles. The first kappa shape index (κ1) is 20.1. The number of nitrogens with one attached hydrogen (secondary N) is 3. The van der Waals surface area contributed by atoms with Crippen molar-refractivity contribution < 1.29 is 9.59 Å². The van der Waals surface area contributed by atoms with Gasteiger partial charge in [-0.3, -0.25) is 9.59 Å². The Kier molecular flexibility index (Phi) is 7.30. The summed E-state index contributed by atoms with van der Waals surface area (Å²) < 4.78 is 0. The Balaban J connectivity index is 1.94. The summed E-state index contributed by atoms with van der Waals surface area (Å²) in [4.78, 5) is 24.3. The zero-order valence-electron chi connectivity index (χ0n) is 14.6. The van der Waals surface area contributed by atoms with Crippen molar-refractivity contribution in [1.29, 1.82) is 0 Å². The quantitative estimate of drug-likeness (QED) is 0.644. The summed E-state index contributed by atoms with van der Waals surface area (Å²) in [5.41, 5.74) is 1.66. The summed E-state index contributed by atoms with van der Waals surface area (Å²) in [6, 6.07) is 11.9. The molecule has 2 amide bonds. The Bertz CT molecular complexity index is 796. The van der Waals surface area contributed by atoms with E-state index in [9.17, 15) is 9.59 Å². The number of benzene rings is 2. The maximum atomic E-state index is 12.2. The lowest BCUT2D eigenvalue weighted by Gasteiger charge is -2.13. The van der Waals surface area contributed by atoms with E-state index >= 15 is 0 Å². The van der Waals surface area contributed by atoms with E-state index in [-0.39, 0.29) is 24.4 Å². The molecule has 0 heterocycles. The normalized spacial score (nSPS) is 11.5. The predicted octanol–water partition coefficient (Wildman–Crippen LogP) is 4.57. The van der Waals surface area contributed by atoms with Crippen molar-refractivity contribution in [3.05, 3.63) is 58.1 Å². The maximum Gasteiger partial charge on any atom is 0.251 e. The second-order valence-corrected chi connectivity index (χ2v) is 6.73. The van der Waals surface area contributed by atoms with Gasteiger partial charge in [-0.15, -0.1) is 0 Å². The molecule has 26 heavy (non-hydrogen) atoms. The molecule has 0 aliphatic rings. The van der Waals surface area contributed by atoms with Crippen LogP contribution in [0.15, 0.2) is 42.5 Å². The second-order valence-electron chi connectivity index (χ2n) is 5.89. The third kappa shape index (κ3) is 5.93. The second kappa shape index (κ2) is 9.46. The molecule has 1 unspecified atom stereocenters. The molecule has 138 valence electrons. The highest BCUT2D eigenvalue weighted by molar-refractivity contribution is 6.35. The van der Waals surface area contributed by atoms with Gasteiger partial charge in [-0.2, -0.15) is 0 Å². The van der Waals surface area contributed by atoms with E-state index in [0.29, 0.717) is 27.0 Å². The molecular formula is C19H21Cl2N3O2. The molecule has 0 saturated heterocycles. The van der Waals surface area contributed by atoms with Crippen LogP contribution in [0.25, 0.3) is 0 Å². The Morgan fingerprint density at radius 2 is 1.88 bits per heavy atom. The lowest BCUT2D eigenvalue weighted by molar-refractivity contribution is -0.114. The smallest absolute Gasteiger partial charge is 0.251 e. The van der Waals surface area contributed by atoms with Gasteiger partial charge in [0.1, 0.15) is 0 Å². The number of hydrogen-bond acceptors (Lipinski definition) is 3. The number of hydrogen-bond donors (Lipinski definition) is 3. The van der Waals surface area contributed by atoms with Gasteiger partial charge in [0.2, 0.25) is 5.91 Å². The fraction of sp³-hybridized carbons (Fsp3) is 0.263. The summed E-state index contributed by atoms with van der Waals surface area (Å²) in [5, 5.41) is 9.49. The summed E-state index contributed by atoms with van der Waals surface area (Å²) in [7, 11) is 0. The lowest BCUT2D eigenvalue weighted by Crippen LogP contribution is -2.31. The van der Waals surface area contributed by atoms with Gasteiger partial charge in [0.05, 0.1) is 17.3 Å². The van der Waals surface area contributed by atoms with E-state index in [1.54, 1.807) is 42.5 Å². The van der Waals surface area contributed by atoms with Crippen molar-refractivity contribution in [2.75, 3.05) is 17.2 Å². The van der Waals surface area contributed by atoms with Gasteiger partial charge in [-0.25, -0.2) is 0 Å². The highest BCUT2D eigenvalue weighted by Gasteiger charge is 2.10. The number of carbonyl (C=O) groups is 2. The third-order valence-corrected chi connectivity index (χ3v) is 4.33. The molecule has 0 radical (unpaired) electrons. The number of amides is 2. The molecule has 0 aliphatic heterocycles. The van der Waals surface area contributed by atoms with Crippen LogP contribution < -0.4 is 16.0 Å². The largest absolute Gasteiger partial charge is 0.376 e. The number of rotatable bonds is 7. The minimum absolute atomic E-state index is 0.0271. The third-order valence-electron chi connectivity index (χ3n) is 3.77. The molecule has 2 aromatic rings. The van der Waals surface area contributed by atoms with Gasteiger partial charge in [-0.1, -0.05) is 36.2 Å². The average Bonchev–Trinajstić information content (AvgIpc) is 2.63. The van der Waals surface area contributed by atoms with Crippen LogP contribution in [-0.2, 0) is 4.79 Å². The molecule has 0 aliphatic carbocycles. The Labute approximate surface area is 163 Å². The zero-order chi connectivity index (χ0) is 19.1. The Morgan fingerprint density at radius 3 is 2.62 bits per heavy atom. The van der Waals surface area contributed by atoms with Gasteiger partial charge in [-0.05, 0) is 49.7 Å². The predicted molar refractivity (Wildman–Crippen MR) is 107 cm³/mol. The first-order valence-corrected chi connectivity index (χ1v) is 9.04. The minimum Gasteiger partial charge on any atom is -0.376 e. The summed E-state index contributed by atoms with van der Waals surface area (Å²) >= 11 is 11.9. The van der Waals surface area contributed by atoms with Gasteiger partial charge in [0, 0.05) is 22.3 Å². The maximum absolute atomic E-state index is 12.2. The Morgan fingerprint density at radius 1 is 1.12 bits per heavy atom. The molecule has 7 heteroatoms.